The van der Waals surface area contributed by atoms with Crippen molar-refractivity contribution < 1.29 is 19.4 Å². The highest BCUT2D eigenvalue weighted by Crippen LogP contribution is 2.22. The van der Waals surface area contributed by atoms with E-state index in [0.717, 1.165) is 6.54 Å². The summed E-state index contributed by atoms with van der Waals surface area (Å²) in [6.07, 6.45) is -0.614. The molecule has 0 aliphatic carbocycles. The Balaban J connectivity index is 1.71. The highest BCUT2D eigenvalue weighted by atomic mass is 16.5. The van der Waals surface area contributed by atoms with Crippen molar-refractivity contribution in [3.05, 3.63) is 53.6 Å². The summed E-state index contributed by atoms with van der Waals surface area (Å²) in [5, 5.41) is 10.4. The van der Waals surface area contributed by atoms with E-state index in [1.807, 2.05) is 18.2 Å². The number of hydrogen-bond acceptors (Lipinski definition) is 6. The molecule has 2 aromatic rings. The van der Waals surface area contributed by atoms with Crippen LogP contribution in [-0.4, -0.2) is 72.3 Å². The molecule has 1 aliphatic rings. The van der Waals surface area contributed by atoms with Gasteiger partial charge in [0.05, 0.1) is 20.3 Å². The summed E-state index contributed by atoms with van der Waals surface area (Å²) in [6.45, 7) is 2.75. The predicted molar refractivity (Wildman–Crippen MR) is 101 cm³/mol. The van der Waals surface area contributed by atoms with Crippen LogP contribution in [0.5, 0.6) is 11.8 Å². The Bertz CT molecular complexity index is 769. The van der Waals surface area contributed by atoms with Gasteiger partial charge in [0, 0.05) is 38.8 Å². The molecule has 1 saturated heterocycles. The van der Waals surface area contributed by atoms with Gasteiger partial charge in [0.15, 0.2) is 0 Å². The Labute approximate surface area is 159 Å². The van der Waals surface area contributed by atoms with Gasteiger partial charge in [-0.05, 0) is 11.6 Å². The Morgan fingerprint density at radius 1 is 1.11 bits per heavy atom. The number of β-amino-alcohol motifs (C(OH)–C–C–N with tert-alkyl or cyclic N) is 1. The second-order valence-electron chi connectivity index (χ2n) is 6.54. The zero-order valence-corrected chi connectivity index (χ0v) is 15.7. The fourth-order valence-corrected chi connectivity index (χ4v) is 3.25. The lowest BCUT2D eigenvalue weighted by Gasteiger charge is -2.22. The number of carbonyl (C=O) groups is 1. The second-order valence-corrected chi connectivity index (χ2v) is 6.54. The van der Waals surface area contributed by atoms with E-state index in [2.05, 4.69) is 22.0 Å². The molecule has 144 valence electrons. The number of rotatable bonds is 5. The number of nitrogens with zero attached hydrogens (tertiary/aromatic N) is 3. The van der Waals surface area contributed by atoms with E-state index >= 15 is 0 Å². The lowest BCUT2D eigenvalue weighted by Crippen LogP contribution is -2.38. The van der Waals surface area contributed by atoms with Crippen LogP contribution in [0.1, 0.15) is 15.9 Å². The molecule has 1 aromatic heterocycles. The number of methoxy groups -OCH3 is 2. The minimum absolute atomic E-state index is 0.206. The summed E-state index contributed by atoms with van der Waals surface area (Å²) in [5.74, 6) is 0.398. The lowest BCUT2D eigenvalue weighted by atomic mass is 10.2. The van der Waals surface area contributed by atoms with Gasteiger partial charge in [-0.1, -0.05) is 30.3 Å². The average Bonchev–Trinajstić information content (AvgIpc) is 2.88. The Morgan fingerprint density at radius 2 is 1.89 bits per heavy atom. The van der Waals surface area contributed by atoms with Gasteiger partial charge in [-0.2, -0.15) is 4.98 Å². The molecule has 1 N–H and O–H groups in total. The Hall–Kier alpha value is -2.64. The van der Waals surface area contributed by atoms with Crippen LogP contribution in [0.2, 0.25) is 0 Å². The first-order valence-electron chi connectivity index (χ1n) is 8.93. The van der Waals surface area contributed by atoms with Crippen LogP contribution in [0.15, 0.2) is 42.5 Å². The van der Waals surface area contributed by atoms with Crippen LogP contribution in [0.4, 0.5) is 0 Å². The Morgan fingerprint density at radius 3 is 2.59 bits per heavy atom. The van der Waals surface area contributed by atoms with Crippen LogP contribution >= 0.6 is 0 Å². The highest BCUT2D eigenvalue weighted by Gasteiger charge is 2.27. The first-order chi connectivity index (χ1) is 13.1. The van der Waals surface area contributed by atoms with Gasteiger partial charge in [0.25, 0.3) is 5.91 Å². The normalized spacial score (nSPS) is 18.0. The summed E-state index contributed by atoms with van der Waals surface area (Å²) < 4.78 is 10.3. The third-order valence-electron chi connectivity index (χ3n) is 4.59. The topological polar surface area (TPSA) is 75.1 Å². The largest absolute Gasteiger partial charge is 0.481 e. The molecule has 0 radical (unpaired) electrons. The number of pyridine rings is 1. The first-order valence-corrected chi connectivity index (χ1v) is 8.93. The maximum absolute atomic E-state index is 13.0. The van der Waals surface area contributed by atoms with E-state index in [0.29, 0.717) is 31.1 Å². The molecule has 1 amide bonds. The van der Waals surface area contributed by atoms with E-state index in [1.165, 1.54) is 19.8 Å². The summed E-state index contributed by atoms with van der Waals surface area (Å²) in [5.41, 5.74) is 1.55. The fourth-order valence-electron chi connectivity index (χ4n) is 3.25. The van der Waals surface area contributed by atoms with Crippen LogP contribution < -0.4 is 9.47 Å². The molecule has 0 spiro atoms. The zero-order chi connectivity index (χ0) is 19.2. The average molecular weight is 371 g/mol. The third-order valence-corrected chi connectivity index (χ3v) is 4.59. The number of ether oxygens (including phenoxy) is 2. The molecule has 7 heteroatoms. The number of aliphatic hydroxyl groups excluding tert-OH is 1. The van der Waals surface area contributed by atoms with E-state index in [-0.39, 0.29) is 18.3 Å². The van der Waals surface area contributed by atoms with Gasteiger partial charge in [-0.25, -0.2) is 0 Å². The number of amides is 1. The second kappa shape index (κ2) is 8.83. The molecule has 3 rings (SSSR count). The van der Waals surface area contributed by atoms with E-state index in [4.69, 9.17) is 9.47 Å². The fraction of sp³-hybridized carbons (Fsp3) is 0.400. The molecule has 1 atom stereocenters. The first kappa shape index (κ1) is 19.1. The molecular weight excluding hydrogens is 346 g/mol. The number of carbonyl (C=O) groups excluding carboxylic acids is 1. The molecule has 0 bridgehead atoms. The van der Waals surface area contributed by atoms with Crippen molar-refractivity contribution in [1.29, 1.82) is 0 Å². The standard InChI is InChI=1S/C20H25N3O4/c1-26-18-9-8-17(19(21-18)27-2)20(25)23-11-10-22(13-16(24)14-23)12-15-6-4-3-5-7-15/h3-9,16,24H,10-14H2,1-2H3/t16-/m0/s1. The molecule has 2 heterocycles. The molecule has 1 aromatic carbocycles. The van der Waals surface area contributed by atoms with Crippen molar-refractivity contribution in [1.82, 2.24) is 14.8 Å². The molecule has 27 heavy (non-hydrogen) atoms. The molecule has 0 saturated carbocycles. The van der Waals surface area contributed by atoms with E-state index in [9.17, 15) is 9.90 Å². The monoisotopic (exact) mass is 371 g/mol. The van der Waals surface area contributed by atoms with Crippen LogP contribution in [-0.2, 0) is 6.54 Å². The minimum Gasteiger partial charge on any atom is -0.481 e. The van der Waals surface area contributed by atoms with Crippen molar-refractivity contribution in [2.24, 2.45) is 0 Å². The number of hydrogen-bond donors (Lipinski definition) is 1. The van der Waals surface area contributed by atoms with Crippen molar-refractivity contribution in [3.63, 3.8) is 0 Å². The predicted octanol–water partition coefficient (Wildman–Crippen LogP) is 1.42. The van der Waals surface area contributed by atoms with Gasteiger partial charge < -0.3 is 19.5 Å². The molecular formula is C20H25N3O4. The SMILES string of the molecule is COc1ccc(C(=O)N2CCN(Cc3ccccc3)C[C@H](O)C2)c(OC)n1. The summed E-state index contributed by atoms with van der Waals surface area (Å²) in [4.78, 5) is 21.0. The van der Waals surface area contributed by atoms with Gasteiger partial charge in [-0.15, -0.1) is 0 Å². The number of aromatic nitrogens is 1. The molecule has 7 nitrogen and oxygen atoms in total. The zero-order valence-electron chi connectivity index (χ0n) is 15.7. The maximum atomic E-state index is 13.0. The van der Waals surface area contributed by atoms with Gasteiger partial charge >= 0.3 is 0 Å². The highest BCUT2D eigenvalue weighted by molar-refractivity contribution is 5.96. The van der Waals surface area contributed by atoms with Crippen molar-refractivity contribution in [2.75, 3.05) is 40.4 Å². The molecule has 1 fully saturated rings. The van der Waals surface area contributed by atoms with E-state index in [1.54, 1.807) is 17.0 Å². The third kappa shape index (κ3) is 4.75. The van der Waals surface area contributed by atoms with Gasteiger partial charge in [-0.3, -0.25) is 9.69 Å². The van der Waals surface area contributed by atoms with Gasteiger partial charge in [0.1, 0.15) is 5.56 Å². The number of aliphatic hydroxyl groups is 1. The van der Waals surface area contributed by atoms with Crippen LogP contribution in [0.25, 0.3) is 0 Å². The maximum Gasteiger partial charge on any atom is 0.259 e. The smallest absolute Gasteiger partial charge is 0.259 e. The Kier molecular flexibility index (Phi) is 6.26. The molecule has 0 unspecified atom stereocenters. The van der Waals surface area contributed by atoms with Crippen molar-refractivity contribution >= 4 is 5.91 Å². The lowest BCUT2D eigenvalue weighted by molar-refractivity contribution is 0.0659. The molecule has 1 aliphatic heterocycles. The quantitative estimate of drug-likeness (QED) is 0.857. The van der Waals surface area contributed by atoms with Crippen molar-refractivity contribution in [2.45, 2.75) is 12.6 Å². The van der Waals surface area contributed by atoms with Crippen molar-refractivity contribution in [3.8, 4) is 11.8 Å². The van der Waals surface area contributed by atoms with Crippen LogP contribution in [0.3, 0.4) is 0 Å². The van der Waals surface area contributed by atoms with Gasteiger partial charge in [0.2, 0.25) is 11.8 Å². The minimum atomic E-state index is -0.614. The summed E-state index contributed by atoms with van der Waals surface area (Å²) >= 11 is 0. The van der Waals surface area contributed by atoms with Crippen LogP contribution in [0, 0.1) is 0 Å². The van der Waals surface area contributed by atoms with E-state index < -0.39 is 6.10 Å². The number of benzene rings is 1. The summed E-state index contributed by atoms with van der Waals surface area (Å²) in [6, 6.07) is 13.4. The summed E-state index contributed by atoms with van der Waals surface area (Å²) in [7, 11) is 2.98.